The molecular weight excluding hydrogens is 496 g/mol. The first kappa shape index (κ1) is 22.2. The normalized spacial score (nSPS) is 17.7. The molecular formula is C20H13Cl2F3N8O. The molecule has 174 valence electrons. The average molecular weight is 509 g/mol. The summed E-state index contributed by atoms with van der Waals surface area (Å²) in [6.45, 7) is 2.64. The van der Waals surface area contributed by atoms with Crippen LogP contribution in [0.25, 0.3) is 11.5 Å². The van der Waals surface area contributed by atoms with Crippen molar-refractivity contribution in [2.24, 2.45) is 0 Å². The summed E-state index contributed by atoms with van der Waals surface area (Å²) >= 11 is 12.2. The van der Waals surface area contributed by atoms with Crippen molar-refractivity contribution in [1.29, 1.82) is 0 Å². The summed E-state index contributed by atoms with van der Waals surface area (Å²) in [5, 5.41) is 10.6. The Labute approximate surface area is 199 Å². The Hall–Kier alpha value is -3.64. The van der Waals surface area contributed by atoms with E-state index >= 15 is 0 Å². The van der Waals surface area contributed by atoms with Gasteiger partial charge in [0.25, 0.3) is 0 Å². The second-order valence-electron chi connectivity index (χ2n) is 7.40. The van der Waals surface area contributed by atoms with Crippen LogP contribution < -0.4 is 10.2 Å². The number of fused-ring (bicyclic) bond motifs is 3. The van der Waals surface area contributed by atoms with Gasteiger partial charge < -0.3 is 5.32 Å². The maximum absolute atomic E-state index is 14.4. The number of nitrogens with zero attached hydrogens (tertiary/aromatic N) is 7. The Morgan fingerprint density at radius 2 is 2.03 bits per heavy atom. The average Bonchev–Trinajstić information content (AvgIpc) is 3.49. The number of amides is 2. The number of nitrogens with one attached hydrogen (secondary N) is 1. The van der Waals surface area contributed by atoms with Crippen LogP contribution in [0.3, 0.4) is 0 Å². The lowest BCUT2D eigenvalue weighted by atomic mass is 9.85. The first-order chi connectivity index (χ1) is 16.1. The van der Waals surface area contributed by atoms with Gasteiger partial charge in [-0.1, -0.05) is 29.3 Å². The maximum atomic E-state index is 14.4. The molecule has 0 aliphatic carbocycles. The van der Waals surface area contributed by atoms with E-state index < -0.39 is 24.2 Å². The summed E-state index contributed by atoms with van der Waals surface area (Å²) in [5.74, 6) is 0.320. The van der Waals surface area contributed by atoms with E-state index in [0.717, 1.165) is 15.5 Å². The zero-order valence-corrected chi connectivity index (χ0v) is 18.5. The number of carbonyl (C=O) groups is 1. The van der Waals surface area contributed by atoms with Crippen molar-refractivity contribution in [1.82, 2.24) is 29.4 Å². The molecule has 0 unspecified atom stereocenters. The molecule has 0 aromatic carbocycles. The third-order valence-corrected chi connectivity index (χ3v) is 5.91. The lowest BCUT2D eigenvalue weighted by Crippen LogP contribution is -2.47. The predicted octanol–water partition coefficient (Wildman–Crippen LogP) is 4.66. The lowest BCUT2D eigenvalue weighted by molar-refractivity contribution is -0.172. The molecule has 0 saturated carbocycles. The SMILES string of the molecule is C=C[C@@]1(C(F)(F)F)CN(C(=O)Nc2cnc(-n3cccn3)c(Cl)c2)c2cnc3cc(Cl)nn3c21. The molecule has 0 spiro atoms. The summed E-state index contributed by atoms with van der Waals surface area (Å²) in [6.07, 6.45) is 1.63. The monoisotopic (exact) mass is 508 g/mol. The molecule has 0 bridgehead atoms. The summed E-state index contributed by atoms with van der Waals surface area (Å²) < 4.78 is 45.5. The Balaban J connectivity index is 1.54. The van der Waals surface area contributed by atoms with E-state index in [0.29, 0.717) is 5.82 Å². The molecule has 0 fully saturated rings. The van der Waals surface area contributed by atoms with Crippen LogP contribution in [0.4, 0.5) is 29.3 Å². The first-order valence-electron chi connectivity index (χ1n) is 9.64. The van der Waals surface area contributed by atoms with Crippen molar-refractivity contribution in [3.05, 3.63) is 71.5 Å². The van der Waals surface area contributed by atoms with Crippen molar-refractivity contribution < 1.29 is 18.0 Å². The van der Waals surface area contributed by atoms with E-state index in [9.17, 15) is 18.0 Å². The zero-order chi connectivity index (χ0) is 24.3. The molecule has 4 aromatic heterocycles. The number of carbonyl (C=O) groups excluding carboxylic acids is 1. The molecule has 1 atom stereocenters. The van der Waals surface area contributed by atoms with Gasteiger partial charge in [-0.2, -0.15) is 23.4 Å². The quantitative estimate of drug-likeness (QED) is 0.406. The fourth-order valence-corrected chi connectivity index (χ4v) is 4.28. The number of aromatic nitrogens is 6. The van der Waals surface area contributed by atoms with Crippen LogP contribution in [0.1, 0.15) is 5.69 Å². The van der Waals surface area contributed by atoms with Crippen LogP contribution in [-0.4, -0.2) is 48.1 Å². The number of urea groups is 1. The number of anilines is 2. The Kier molecular flexibility index (Phi) is 5.02. The molecule has 1 N–H and O–H groups in total. The highest BCUT2D eigenvalue weighted by Crippen LogP contribution is 2.51. The molecule has 5 rings (SSSR count). The van der Waals surface area contributed by atoms with E-state index in [2.05, 4.69) is 32.1 Å². The summed E-state index contributed by atoms with van der Waals surface area (Å²) in [4.78, 5) is 22.3. The fraction of sp³-hybridized carbons (Fsp3) is 0.150. The van der Waals surface area contributed by atoms with Gasteiger partial charge in [0.15, 0.2) is 16.6 Å². The van der Waals surface area contributed by atoms with Gasteiger partial charge in [-0.15, -0.1) is 6.58 Å². The van der Waals surface area contributed by atoms with E-state index in [1.165, 1.54) is 29.2 Å². The second-order valence-corrected chi connectivity index (χ2v) is 8.19. The van der Waals surface area contributed by atoms with Crippen molar-refractivity contribution in [2.75, 3.05) is 16.8 Å². The molecule has 4 aromatic rings. The lowest BCUT2D eigenvalue weighted by Gasteiger charge is -2.29. The Bertz CT molecular complexity index is 1440. The molecule has 2 amide bonds. The van der Waals surface area contributed by atoms with Crippen molar-refractivity contribution in [2.45, 2.75) is 11.6 Å². The number of halogens is 5. The highest BCUT2D eigenvalue weighted by molar-refractivity contribution is 6.32. The van der Waals surface area contributed by atoms with Crippen LogP contribution in [0, 0.1) is 0 Å². The van der Waals surface area contributed by atoms with Crippen LogP contribution >= 0.6 is 23.2 Å². The van der Waals surface area contributed by atoms with Crippen molar-refractivity contribution >= 4 is 46.3 Å². The van der Waals surface area contributed by atoms with Crippen LogP contribution in [-0.2, 0) is 5.41 Å². The van der Waals surface area contributed by atoms with Crippen LogP contribution in [0.5, 0.6) is 0 Å². The van der Waals surface area contributed by atoms with E-state index in [1.807, 2.05) is 0 Å². The van der Waals surface area contributed by atoms with Gasteiger partial charge >= 0.3 is 12.2 Å². The van der Waals surface area contributed by atoms with E-state index in [4.69, 9.17) is 23.2 Å². The molecule has 0 radical (unpaired) electrons. The molecule has 9 nitrogen and oxygen atoms in total. The minimum atomic E-state index is -4.79. The molecule has 0 saturated heterocycles. The summed E-state index contributed by atoms with van der Waals surface area (Å²) in [5.41, 5.74) is -2.73. The zero-order valence-electron chi connectivity index (χ0n) is 17.0. The van der Waals surface area contributed by atoms with Gasteiger partial charge in [0.2, 0.25) is 0 Å². The molecule has 34 heavy (non-hydrogen) atoms. The van der Waals surface area contributed by atoms with Gasteiger partial charge in [-0.05, 0) is 12.1 Å². The third-order valence-electron chi connectivity index (χ3n) is 5.45. The Morgan fingerprint density at radius 1 is 1.24 bits per heavy atom. The third kappa shape index (κ3) is 3.29. The van der Waals surface area contributed by atoms with Crippen LogP contribution in [0.2, 0.25) is 10.2 Å². The van der Waals surface area contributed by atoms with Gasteiger partial charge in [0.1, 0.15) is 5.41 Å². The number of hydrogen-bond donors (Lipinski definition) is 1. The Morgan fingerprint density at radius 3 is 2.68 bits per heavy atom. The van der Waals surface area contributed by atoms with Gasteiger partial charge in [-0.3, -0.25) is 4.90 Å². The van der Waals surface area contributed by atoms with Crippen molar-refractivity contribution in [3.63, 3.8) is 0 Å². The minimum absolute atomic E-state index is 0.0399. The van der Waals surface area contributed by atoms with Gasteiger partial charge in [0, 0.05) is 18.5 Å². The topological polar surface area (TPSA) is 93.2 Å². The number of hydrogen-bond acceptors (Lipinski definition) is 5. The maximum Gasteiger partial charge on any atom is 0.405 e. The highest BCUT2D eigenvalue weighted by Gasteiger charge is 2.62. The number of alkyl halides is 3. The summed E-state index contributed by atoms with van der Waals surface area (Å²) in [6, 6.07) is 3.57. The number of pyridine rings is 1. The molecule has 5 heterocycles. The van der Waals surface area contributed by atoms with Gasteiger partial charge in [0.05, 0.1) is 41.0 Å². The van der Waals surface area contributed by atoms with Crippen molar-refractivity contribution in [3.8, 4) is 5.82 Å². The number of rotatable bonds is 3. The molecule has 14 heteroatoms. The van der Waals surface area contributed by atoms with E-state index in [1.54, 1.807) is 18.5 Å². The smallest absolute Gasteiger partial charge is 0.306 e. The highest BCUT2D eigenvalue weighted by atomic mass is 35.5. The summed E-state index contributed by atoms with van der Waals surface area (Å²) in [7, 11) is 0. The first-order valence-corrected chi connectivity index (χ1v) is 10.4. The van der Waals surface area contributed by atoms with Crippen LogP contribution in [0.15, 0.2) is 55.6 Å². The second kappa shape index (κ2) is 7.71. The standard InChI is InChI=1S/C20H13Cl2F3N8O/c1-2-19(20(23,24)25)10-31(13-9-26-15-7-14(22)30-33(15)16(13)19)18(34)29-11-6-12(21)17(27-8-11)32-5-3-4-28-32/h2-9H,1,10H2,(H,29,34)/t19-/m1/s1. The molecule has 1 aliphatic heterocycles. The largest absolute Gasteiger partial charge is 0.405 e. The molecule has 1 aliphatic rings. The predicted molar refractivity (Wildman–Crippen MR) is 119 cm³/mol. The van der Waals surface area contributed by atoms with Gasteiger partial charge in [-0.25, -0.2) is 24.0 Å². The fourth-order valence-electron chi connectivity index (χ4n) is 3.86. The van der Waals surface area contributed by atoms with E-state index in [-0.39, 0.29) is 32.9 Å². The minimum Gasteiger partial charge on any atom is -0.306 e.